The Labute approximate surface area is 122 Å². The molecule has 0 bridgehead atoms. The summed E-state index contributed by atoms with van der Waals surface area (Å²) in [6, 6.07) is 13.9. The molecule has 1 aliphatic heterocycles. The number of pyridine rings is 1. The predicted molar refractivity (Wildman–Crippen MR) is 81.4 cm³/mol. The first-order chi connectivity index (χ1) is 10.3. The molecule has 4 rings (SSSR count). The molecular weight excluding hydrogens is 262 g/mol. The van der Waals surface area contributed by atoms with Gasteiger partial charge < -0.3 is 9.84 Å². The highest BCUT2D eigenvalue weighted by atomic mass is 16.5. The highest BCUT2D eigenvalue weighted by Gasteiger charge is 2.18. The lowest BCUT2D eigenvalue weighted by Crippen LogP contribution is -2.01. The van der Waals surface area contributed by atoms with Crippen LogP contribution in [-0.4, -0.2) is 16.7 Å². The van der Waals surface area contributed by atoms with Gasteiger partial charge in [0.2, 0.25) is 0 Å². The van der Waals surface area contributed by atoms with Crippen LogP contribution in [0.4, 0.5) is 0 Å². The molecular formula is C18H15NO2. The number of aliphatic hydroxyl groups is 1. The minimum atomic E-state index is -0.672. The second-order valence-electron chi connectivity index (χ2n) is 5.32. The minimum absolute atomic E-state index is 0.672. The highest BCUT2D eigenvalue weighted by Crippen LogP contribution is 2.32. The molecule has 1 aromatic heterocycles. The number of benzene rings is 2. The van der Waals surface area contributed by atoms with Gasteiger partial charge in [-0.2, -0.15) is 0 Å². The van der Waals surface area contributed by atoms with Crippen molar-refractivity contribution in [3.8, 4) is 5.75 Å². The summed E-state index contributed by atoms with van der Waals surface area (Å²) in [6.45, 7) is 0.727. The van der Waals surface area contributed by atoms with Gasteiger partial charge in [-0.05, 0) is 28.6 Å². The summed E-state index contributed by atoms with van der Waals surface area (Å²) in [7, 11) is 0. The maximum atomic E-state index is 10.7. The number of ether oxygens (including phenoxy) is 1. The van der Waals surface area contributed by atoms with Crippen LogP contribution >= 0.6 is 0 Å². The first-order valence-electron chi connectivity index (χ1n) is 7.09. The molecule has 2 aromatic carbocycles. The molecule has 0 aliphatic carbocycles. The fourth-order valence-electron chi connectivity index (χ4n) is 2.91. The summed E-state index contributed by atoms with van der Waals surface area (Å²) >= 11 is 0. The Kier molecular flexibility index (Phi) is 2.86. The molecule has 1 unspecified atom stereocenters. The van der Waals surface area contributed by atoms with Crippen LogP contribution in [0.2, 0.25) is 0 Å². The van der Waals surface area contributed by atoms with E-state index in [1.54, 1.807) is 6.20 Å². The summed E-state index contributed by atoms with van der Waals surface area (Å²) in [4.78, 5) is 4.25. The highest BCUT2D eigenvalue weighted by molar-refractivity contribution is 5.85. The van der Waals surface area contributed by atoms with Gasteiger partial charge in [0.25, 0.3) is 0 Å². The topological polar surface area (TPSA) is 42.4 Å². The SMILES string of the molecule is OC(c1ccc2c(c1)CCO2)c1cncc2ccccc12. The molecule has 3 aromatic rings. The van der Waals surface area contributed by atoms with E-state index in [2.05, 4.69) is 4.98 Å². The number of hydrogen-bond acceptors (Lipinski definition) is 3. The Morgan fingerprint density at radius 2 is 2.00 bits per heavy atom. The molecule has 1 aliphatic rings. The van der Waals surface area contributed by atoms with Crippen LogP contribution in [0.1, 0.15) is 22.8 Å². The Morgan fingerprint density at radius 1 is 1.10 bits per heavy atom. The second-order valence-corrected chi connectivity index (χ2v) is 5.32. The number of fused-ring (bicyclic) bond motifs is 2. The van der Waals surface area contributed by atoms with Gasteiger partial charge in [-0.15, -0.1) is 0 Å². The molecule has 2 heterocycles. The van der Waals surface area contributed by atoms with Crippen molar-refractivity contribution in [3.63, 3.8) is 0 Å². The molecule has 104 valence electrons. The van der Waals surface area contributed by atoms with Crippen molar-refractivity contribution in [2.24, 2.45) is 0 Å². The quantitative estimate of drug-likeness (QED) is 0.782. The zero-order chi connectivity index (χ0) is 14.2. The summed E-state index contributed by atoms with van der Waals surface area (Å²) in [5.74, 6) is 0.932. The third kappa shape index (κ3) is 2.06. The van der Waals surface area contributed by atoms with Crippen molar-refractivity contribution < 1.29 is 9.84 Å². The van der Waals surface area contributed by atoms with Crippen LogP contribution in [0.25, 0.3) is 10.8 Å². The number of nitrogens with zero attached hydrogens (tertiary/aromatic N) is 1. The molecule has 1 atom stereocenters. The van der Waals surface area contributed by atoms with Gasteiger partial charge in [-0.3, -0.25) is 4.98 Å². The van der Waals surface area contributed by atoms with Crippen molar-refractivity contribution in [2.75, 3.05) is 6.61 Å². The summed E-state index contributed by atoms with van der Waals surface area (Å²) in [5.41, 5.74) is 2.89. The van der Waals surface area contributed by atoms with E-state index in [1.807, 2.05) is 48.7 Å². The lowest BCUT2D eigenvalue weighted by molar-refractivity contribution is 0.221. The zero-order valence-corrected chi connectivity index (χ0v) is 11.5. The normalized spacial score (nSPS) is 14.7. The Bertz CT molecular complexity index is 808. The second kappa shape index (κ2) is 4.86. The molecule has 0 amide bonds. The first kappa shape index (κ1) is 12.4. The smallest absolute Gasteiger partial charge is 0.122 e. The largest absolute Gasteiger partial charge is 0.493 e. The van der Waals surface area contributed by atoms with E-state index in [0.717, 1.165) is 40.7 Å². The van der Waals surface area contributed by atoms with Crippen molar-refractivity contribution in [1.29, 1.82) is 0 Å². The van der Waals surface area contributed by atoms with Gasteiger partial charge in [-0.1, -0.05) is 30.3 Å². The van der Waals surface area contributed by atoms with Crippen molar-refractivity contribution >= 4 is 10.8 Å². The molecule has 3 nitrogen and oxygen atoms in total. The molecule has 0 saturated heterocycles. The Hall–Kier alpha value is -2.39. The van der Waals surface area contributed by atoms with E-state index >= 15 is 0 Å². The van der Waals surface area contributed by atoms with Crippen LogP contribution in [0, 0.1) is 0 Å². The average molecular weight is 277 g/mol. The third-order valence-electron chi connectivity index (χ3n) is 4.02. The van der Waals surface area contributed by atoms with Crippen molar-refractivity contribution in [1.82, 2.24) is 4.98 Å². The van der Waals surface area contributed by atoms with Gasteiger partial charge >= 0.3 is 0 Å². The summed E-state index contributed by atoms with van der Waals surface area (Å²) in [6.07, 6.45) is 3.80. The van der Waals surface area contributed by atoms with Gasteiger partial charge in [0.1, 0.15) is 11.9 Å². The average Bonchev–Trinajstić information content (AvgIpc) is 3.01. The van der Waals surface area contributed by atoms with Gasteiger partial charge in [0, 0.05) is 29.8 Å². The standard InChI is InChI=1S/C18H15NO2/c20-18(13-5-6-17-12(9-13)7-8-21-17)16-11-19-10-14-3-1-2-4-15(14)16/h1-6,9-11,18,20H,7-8H2. The van der Waals surface area contributed by atoms with E-state index in [0.29, 0.717) is 0 Å². The first-order valence-corrected chi connectivity index (χ1v) is 7.09. The Morgan fingerprint density at radius 3 is 2.95 bits per heavy atom. The van der Waals surface area contributed by atoms with Crippen LogP contribution in [-0.2, 0) is 6.42 Å². The monoisotopic (exact) mass is 277 g/mol. The fourth-order valence-corrected chi connectivity index (χ4v) is 2.91. The lowest BCUT2D eigenvalue weighted by atomic mass is 9.96. The van der Waals surface area contributed by atoms with E-state index in [1.165, 1.54) is 5.56 Å². The molecule has 0 saturated carbocycles. The number of rotatable bonds is 2. The summed E-state index contributed by atoms with van der Waals surface area (Å²) < 4.78 is 5.52. The number of aliphatic hydroxyl groups excluding tert-OH is 1. The van der Waals surface area contributed by atoms with Gasteiger partial charge in [0.05, 0.1) is 6.61 Å². The van der Waals surface area contributed by atoms with E-state index in [9.17, 15) is 5.11 Å². The predicted octanol–water partition coefficient (Wildman–Crippen LogP) is 3.25. The number of hydrogen-bond donors (Lipinski definition) is 1. The van der Waals surface area contributed by atoms with E-state index in [4.69, 9.17) is 4.74 Å². The van der Waals surface area contributed by atoms with Gasteiger partial charge in [-0.25, -0.2) is 0 Å². The van der Waals surface area contributed by atoms with Crippen LogP contribution in [0.15, 0.2) is 54.9 Å². The molecule has 0 spiro atoms. The van der Waals surface area contributed by atoms with Gasteiger partial charge in [0.15, 0.2) is 0 Å². The van der Waals surface area contributed by atoms with Crippen LogP contribution in [0.5, 0.6) is 5.75 Å². The maximum Gasteiger partial charge on any atom is 0.122 e. The molecule has 0 fully saturated rings. The lowest BCUT2D eigenvalue weighted by Gasteiger charge is -2.14. The molecule has 0 radical (unpaired) electrons. The fraction of sp³-hybridized carbons (Fsp3) is 0.167. The Balaban J connectivity index is 1.81. The third-order valence-corrected chi connectivity index (χ3v) is 4.02. The zero-order valence-electron chi connectivity index (χ0n) is 11.5. The minimum Gasteiger partial charge on any atom is -0.493 e. The molecule has 1 N–H and O–H groups in total. The van der Waals surface area contributed by atoms with Crippen molar-refractivity contribution in [3.05, 3.63) is 71.5 Å². The summed E-state index contributed by atoms with van der Waals surface area (Å²) in [5, 5.41) is 12.8. The van der Waals surface area contributed by atoms with E-state index < -0.39 is 6.10 Å². The van der Waals surface area contributed by atoms with Crippen LogP contribution < -0.4 is 4.74 Å². The molecule has 21 heavy (non-hydrogen) atoms. The van der Waals surface area contributed by atoms with E-state index in [-0.39, 0.29) is 0 Å². The molecule has 3 heteroatoms. The van der Waals surface area contributed by atoms with Crippen molar-refractivity contribution in [2.45, 2.75) is 12.5 Å². The number of aromatic nitrogens is 1. The van der Waals surface area contributed by atoms with Crippen LogP contribution in [0.3, 0.4) is 0 Å². The maximum absolute atomic E-state index is 10.7.